The number of carbonyl (C=O) groups is 2. The van der Waals surface area contributed by atoms with Crippen LogP contribution in [0.1, 0.15) is 29.7 Å². The summed E-state index contributed by atoms with van der Waals surface area (Å²) in [6.07, 6.45) is 5.37. The maximum Gasteiger partial charge on any atom is 0.249 e. The molecule has 0 radical (unpaired) electrons. The van der Waals surface area contributed by atoms with Gasteiger partial charge in [-0.1, -0.05) is 30.3 Å². The second-order valence-corrected chi connectivity index (χ2v) is 8.08. The van der Waals surface area contributed by atoms with E-state index in [2.05, 4.69) is 15.7 Å². The average Bonchev–Trinajstić information content (AvgIpc) is 3.46. The highest BCUT2D eigenvalue weighted by Gasteiger charge is 2.25. The lowest BCUT2D eigenvalue weighted by Crippen LogP contribution is -2.34. The molecule has 1 fully saturated rings. The Kier molecular flexibility index (Phi) is 6.31. The van der Waals surface area contributed by atoms with Gasteiger partial charge in [0, 0.05) is 36.3 Å². The molecule has 1 saturated heterocycles. The largest absolute Gasteiger partial charge is 0.376 e. The summed E-state index contributed by atoms with van der Waals surface area (Å²) in [6.45, 7) is 1.34. The van der Waals surface area contributed by atoms with Crippen LogP contribution in [0.15, 0.2) is 36.4 Å². The number of rotatable bonds is 7. The van der Waals surface area contributed by atoms with Gasteiger partial charge in [0.2, 0.25) is 11.8 Å². The number of ether oxygens (including phenoxy) is 1. The van der Waals surface area contributed by atoms with Crippen molar-refractivity contribution in [3.05, 3.63) is 53.2 Å². The standard InChI is InChI=1S/C21H24N4O3S/c26-19(9-8-15-5-2-1-3-6-15)23-21-17-13-29-14-18(17)24-25(21)12-20(27)22-11-16-7-4-10-28-16/h1-3,5-6,8-9,16H,4,7,10-14H2,(H,22,27)(H,23,26)/b9-8+. The molecule has 1 atom stereocenters. The van der Waals surface area contributed by atoms with Crippen molar-refractivity contribution in [1.29, 1.82) is 0 Å². The molecule has 2 amide bonds. The fourth-order valence-electron chi connectivity index (χ4n) is 3.44. The Balaban J connectivity index is 1.41. The summed E-state index contributed by atoms with van der Waals surface area (Å²) in [5, 5.41) is 10.4. The van der Waals surface area contributed by atoms with Gasteiger partial charge in [0.15, 0.2) is 0 Å². The van der Waals surface area contributed by atoms with E-state index in [1.54, 1.807) is 22.5 Å². The van der Waals surface area contributed by atoms with Gasteiger partial charge in [-0.25, -0.2) is 4.68 Å². The van der Waals surface area contributed by atoms with E-state index in [1.807, 2.05) is 30.3 Å². The van der Waals surface area contributed by atoms with Gasteiger partial charge in [0.1, 0.15) is 12.4 Å². The Hall–Kier alpha value is -2.58. The van der Waals surface area contributed by atoms with Crippen LogP contribution in [0.25, 0.3) is 6.08 Å². The summed E-state index contributed by atoms with van der Waals surface area (Å²) in [4.78, 5) is 24.8. The molecule has 4 rings (SSSR count). The number of aromatic nitrogens is 2. The van der Waals surface area contributed by atoms with Crippen molar-refractivity contribution < 1.29 is 14.3 Å². The quantitative estimate of drug-likeness (QED) is 0.683. The lowest BCUT2D eigenvalue weighted by molar-refractivity contribution is -0.122. The van der Waals surface area contributed by atoms with E-state index in [-0.39, 0.29) is 24.5 Å². The molecule has 2 N–H and O–H groups in total. The maximum absolute atomic E-state index is 12.5. The first-order valence-corrected chi connectivity index (χ1v) is 10.9. The molecule has 152 valence electrons. The van der Waals surface area contributed by atoms with Gasteiger partial charge in [-0.2, -0.15) is 16.9 Å². The Morgan fingerprint density at radius 2 is 2.14 bits per heavy atom. The van der Waals surface area contributed by atoms with Crippen molar-refractivity contribution in [2.24, 2.45) is 0 Å². The predicted octanol–water partition coefficient (Wildman–Crippen LogP) is 2.58. The van der Waals surface area contributed by atoms with Crippen LogP contribution >= 0.6 is 11.8 Å². The van der Waals surface area contributed by atoms with Gasteiger partial charge in [-0.3, -0.25) is 9.59 Å². The normalized spacial score (nSPS) is 18.1. The van der Waals surface area contributed by atoms with Gasteiger partial charge in [-0.15, -0.1) is 0 Å². The summed E-state index contributed by atoms with van der Waals surface area (Å²) in [7, 11) is 0. The minimum atomic E-state index is -0.241. The molecule has 2 aliphatic heterocycles. The second-order valence-electron chi connectivity index (χ2n) is 7.10. The van der Waals surface area contributed by atoms with Crippen LogP contribution in [0.4, 0.5) is 5.82 Å². The molecule has 2 aromatic rings. The number of anilines is 1. The summed E-state index contributed by atoms with van der Waals surface area (Å²) in [6, 6.07) is 9.64. The van der Waals surface area contributed by atoms with Crippen molar-refractivity contribution in [2.75, 3.05) is 18.5 Å². The fraction of sp³-hybridized carbons (Fsp3) is 0.381. The van der Waals surface area contributed by atoms with Crippen LogP contribution in [0.2, 0.25) is 0 Å². The van der Waals surface area contributed by atoms with Crippen LogP contribution in [0.5, 0.6) is 0 Å². The van der Waals surface area contributed by atoms with Gasteiger partial charge in [-0.05, 0) is 24.5 Å². The zero-order chi connectivity index (χ0) is 20.1. The molecule has 1 aromatic heterocycles. The van der Waals surface area contributed by atoms with E-state index in [0.717, 1.165) is 47.8 Å². The highest BCUT2D eigenvalue weighted by Crippen LogP contribution is 2.34. The van der Waals surface area contributed by atoms with Crippen LogP contribution in [-0.2, 0) is 32.4 Å². The summed E-state index contributed by atoms with van der Waals surface area (Å²) < 4.78 is 7.14. The molecule has 0 bridgehead atoms. The molecular weight excluding hydrogens is 388 g/mol. The molecule has 8 heteroatoms. The first kappa shape index (κ1) is 19.7. The number of nitrogens with one attached hydrogen (secondary N) is 2. The van der Waals surface area contributed by atoms with Crippen LogP contribution in [0, 0.1) is 0 Å². The molecule has 3 heterocycles. The summed E-state index contributed by atoms with van der Waals surface area (Å²) in [5.74, 6) is 1.81. The SMILES string of the molecule is O=C(/C=C/c1ccccc1)Nc1c2c(nn1CC(=O)NCC1CCCO1)CSC2. The average molecular weight is 413 g/mol. The van der Waals surface area contributed by atoms with Gasteiger partial charge in [0.05, 0.1) is 11.8 Å². The number of fused-ring (bicyclic) bond motifs is 1. The molecule has 7 nitrogen and oxygen atoms in total. The number of carbonyl (C=O) groups excluding carboxylic acids is 2. The summed E-state index contributed by atoms with van der Waals surface area (Å²) >= 11 is 1.75. The van der Waals surface area contributed by atoms with E-state index < -0.39 is 0 Å². The van der Waals surface area contributed by atoms with Crippen LogP contribution < -0.4 is 10.6 Å². The Morgan fingerprint density at radius 1 is 1.28 bits per heavy atom. The minimum absolute atomic E-state index is 0.0718. The molecule has 1 unspecified atom stereocenters. The predicted molar refractivity (Wildman–Crippen MR) is 113 cm³/mol. The molecule has 0 spiro atoms. The van der Waals surface area contributed by atoms with Crippen molar-refractivity contribution in [3.63, 3.8) is 0 Å². The van der Waals surface area contributed by atoms with Gasteiger partial charge in [0.25, 0.3) is 0 Å². The number of thioether (sulfide) groups is 1. The van der Waals surface area contributed by atoms with E-state index >= 15 is 0 Å². The number of amides is 2. The van der Waals surface area contributed by atoms with E-state index in [4.69, 9.17) is 4.74 Å². The Labute approximate surface area is 173 Å². The van der Waals surface area contributed by atoms with Crippen molar-refractivity contribution in [2.45, 2.75) is 37.0 Å². The number of nitrogens with zero attached hydrogens (tertiary/aromatic N) is 2. The van der Waals surface area contributed by atoms with Crippen LogP contribution in [-0.4, -0.2) is 40.9 Å². The fourth-order valence-corrected chi connectivity index (χ4v) is 4.47. The number of hydrogen-bond acceptors (Lipinski definition) is 5. The zero-order valence-corrected chi connectivity index (χ0v) is 16.9. The highest BCUT2D eigenvalue weighted by atomic mass is 32.2. The number of hydrogen-bond donors (Lipinski definition) is 2. The van der Waals surface area contributed by atoms with Gasteiger partial charge < -0.3 is 15.4 Å². The Bertz CT molecular complexity index is 904. The summed E-state index contributed by atoms with van der Waals surface area (Å²) in [5.41, 5.74) is 2.89. The van der Waals surface area contributed by atoms with E-state index in [1.165, 1.54) is 6.08 Å². The molecule has 0 aliphatic carbocycles. The second kappa shape index (κ2) is 9.28. The monoisotopic (exact) mass is 412 g/mol. The zero-order valence-electron chi connectivity index (χ0n) is 16.1. The van der Waals surface area contributed by atoms with Gasteiger partial charge >= 0.3 is 0 Å². The molecular formula is C21H24N4O3S. The Morgan fingerprint density at radius 3 is 2.93 bits per heavy atom. The highest BCUT2D eigenvalue weighted by molar-refractivity contribution is 7.98. The first-order valence-electron chi connectivity index (χ1n) is 9.78. The third-order valence-corrected chi connectivity index (χ3v) is 5.90. The van der Waals surface area contributed by atoms with Crippen molar-refractivity contribution in [3.8, 4) is 0 Å². The third-order valence-electron chi connectivity index (χ3n) is 4.93. The molecule has 29 heavy (non-hydrogen) atoms. The molecule has 2 aliphatic rings. The lowest BCUT2D eigenvalue weighted by atomic mass is 10.2. The van der Waals surface area contributed by atoms with Crippen molar-refractivity contribution in [1.82, 2.24) is 15.1 Å². The minimum Gasteiger partial charge on any atom is -0.376 e. The third kappa shape index (κ3) is 5.07. The van der Waals surface area contributed by atoms with Crippen molar-refractivity contribution >= 4 is 35.5 Å². The van der Waals surface area contributed by atoms with Crippen LogP contribution in [0.3, 0.4) is 0 Å². The molecule has 1 aromatic carbocycles. The lowest BCUT2D eigenvalue weighted by Gasteiger charge is -2.12. The van der Waals surface area contributed by atoms with E-state index in [0.29, 0.717) is 12.4 Å². The maximum atomic E-state index is 12.5. The smallest absolute Gasteiger partial charge is 0.249 e. The molecule has 0 saturated carbocycles. The topological polar surface area (TPSA) is 85.2 Å². The number of benzene rings is 1. The first-order chi connectivity index (χ1) is 14.2. The van der Waals surface area contributed by atoms with E-state index in [9.17, 15) is 9.59 Å².